The number of methoxy groups -OCH3 is 1. The molecular formula is C12H28O4. The second-order valence-corrected chi connectivity index (χ2v) is 3.88. The molecule has 16 heavy (non-hydrogen) atoms. The van der Waals surface area contributed by atoms with Gasteiger partial charge in [-0.15, -0.1) is 0 Å². The Balaban J connectivity index is 0. The average molecular weight is 236 g/mol. The molecule has 0 saturated carbocycles. The fraction of sp³-hybridized carbons (Fsp3) is 1.00. The van der Waals surface area contributed by atoms with Gasteiger partial charge < -0.3 is 19.7 Å². The SMILES string of the molecule is CC(O)COC(C)CO.CCCCCOC. The highest BCUT2D eigenvalue weighted by Crippen LogP contribution is 1.91. The van der Waals surface area contributed by atoms with Gasteiger partial charge in [-0.2, -0.15) is 0 Å². The van der Waals surface area contributed by atoms with Crippen molar-refractivity contribution < 1.29 is 19.7 Å². The molecule has 2 unspecified atom stereocenters. The summed E-state index contributed by atoms with van der Waals surface area (Å²) in [6.07, 6.45) is 3.18. The van der Waals surface area contributed by atoms with Gasteiger partial charge in [-0.1, -0.05) is 19.8 Å². The first-order chi connectivity index (χ1) is 7.58. The van der Waals surface area contributed by atoms with E-state index in [-0.39, 0.29) is 12.7 Å². The zero-order chi connectivity index (χ0) is 12.8. The van der Waals surface area contributed by atoms with Gasteiger partial charge >= 0.3 is 0 Å². The standard InChI is InChI=1S/C6H14O3.C6H14O/c1-5(8)4-9-6(2)3-7;1-3-4-5-6-7-2/h5-8H,3-4H2,1-2H3;3-6H2,1-2H3. The molecule has 0 radical (unpaired) electrons. The van der Waals surface area contributed by atoms with Gasteiger partial charge in [0, 0.05) is 13.7 Å². The predicted octanol–water partition coefficient (Wildman–Crippen LogP) is 1.59. The molecule has 0 aliphatic carbocycles. The van der Waals surface area contributed by atoms with Crippen LogP contribution in [0.1, 0.15) is 40.0 Å². The quantitative estimate of drug-likeness (QED) is 0.628. The molecule has 4 nitrogen and oxygen atoms in total. The second-order valence-electron chi connectivity index (χ2n) is 3.88. The van der Waals surface area contributed by atoms with E-state index in [1.165, 1.54) is 19.3 Å². The van der Waals surface area contributed by atoms with Crippen molar-refractivity contribution in [1.82, 2.24) is 0 Å². The third-order valence-electron chi connectivity index (χ3n) is 1.83. The Hall–Kier alpha value is -0.160. The second kappa shape index (κ2) is 14.8. The van der Waals surface area contributed by atoms with Crippen molar-refractivity contribution in [3.8, 4) is 0 Å². The van der Waals surface area contributed by atoms with E-state index in [1.807, 2.05) is 0 Å². The molecule has 0 fully saturated rings. The van der Waals surface area contributed by atoms with Gasteiger partial charge in [0.2, 0.25) is 0 Å². The van der Waals surface area contributed by atoms with Crippen molar-refractivity contribution in [1.29, 1.82) is 0 Å². The fourth-order valence-electron chi connectivity index (χ4n) is 0.853. The first-order valence-electron chi connectivity index (χ1n) is 5.97. The van der Waals surface area contributed by atoms with Crippen LogP contribution in [0.5, 0.6) is 0 Å². The summed E-state index contributed by atoms with van der Waals surface area (Å²) in [7, 11) is 1.75. The first-order valence-corrected chi connectivity index (χ1v) is 5.97. The van der Waals surface area contributed by atoms with E-state index in [0.717, 1.165) is 6.61 Å². The zero-order valence-corrected chi connectivity index (χ0v) is 11.1. The Morgan fingerprint density at radius 1 is 1.19 bits per heavy atom. The molecule has 0 aromatic carbocycles. The van der Waals surface area contributed by atoms with Crippen LogP contribution in [0, 0.1) is 0 Å². The monoisotopic (exact) mass is 236 g/mol. The highest BCUT2D eigenvalue weighted by atomic mass is 16.5. The molecule has 0 aromatic rings. The Bertz CT molecular complexity index is 114. The van der Waals surface area contributed by atoms with E-state index in [0.29, 0.717) is 6.61 Å². The maximum atomic E-state index is 8.69. The topological polar surface area (TPSA) is 58.9 Å². The number of unbranched alkanes of at least 4 members (excludes halogenated alkanes) is 2. The van der Waals surface area contributed by atoms with Gasteiger partial charge in [-0.25, -0.2) is 0 Å². The molecule has 2 N–H and O–H groups in total. The van der Waals surface area contributed by atoms with E-state index < -0.39 is 6.10 Å². The van der Waals surface area contributed by atoms with Crippen LogP contribution in [-0.4, -0.2) is 49.4 Å². The predicted molar refractivity (Wildman–Crippen MR) is 65.6 cm³/mol. The molecule has 0 saturated heterocycles. The Morgan fingerprint density at radius 3 is 2.19 bits per heavy atom. The van der Waals surface area contributed by atoms with Gasteiger partial charge in [0.15, 0.2) is 0 Å². The molecule has 0 spiro atoms. The van der Waals surface area contributed by atoms with E-state index in [1.54, 1.807) is 21.0 Å². The molecular weight excluding hydrogens is 208 g/mol. The van der Waals surface area contributed by atoms with Crippen LogP contribution in [0.3, 0.4) is 0 Å². The number of aliphatic hydroxyl groups is 2. The summed E-state index contributed by atoms with van der Waals surface area (Å²) in [4.78, 5) is 0. The van der Waals surface area contributed by atoms with Gasteiger partial charge in [0.1, 0.15) is 0 Å². The molecule has 0 heterocycles. The minimum atomic E-state index is -0.445. The molecule has 2 atom stereocenters. The lowest BCUT2D eigenvalue weighted by atomic mass is 10.3. The van der Waals surface area contributed by atoms with Gasteiger partial charge in [-0.3, -0.25) is 0 Å². The summed E-state index contributed by atoms with van der Waals surface area (Å²) >= 11 is 0. The average Bonchev–Trinajstić information content (AvgIpc) is 2.27. The maximum Gasteiger partial charge on any atom is 0.0779 e. The van der Waals surface area contributed by atoms with Crippen molar-refractivity contribution in [3.05, 3.63) is 0 Å². The Labute approximate surface area is 99.6 Å². The summed E-state index contributed by atoms with van der Waals surface area (Å²) in [5.41, 5.74) is 0. The van der Waals surface area contributed by atoms with E-state index in [9.17, 15) is 0 Å². The van der Waals surface area contributed by atoms with Crippen LogP contribution in [0.15, 0.2) is 0 Å². The minimum absolute atomic E-state index is 0.00667. The largest absolute Gasteiger partial charge is 0.394 e. The smallest absolute Gasteiger partial charge is 0.0779 e. The van der Waals surface area contributed by atoms with Crippen LogP contribution >= 0.6 is 0 Å². The zero-order valence-electron chi connectivity index (χ0n) is 11.1. The summed E-state index contributed by atoms with van der Waals surface area (Å²) in [6.45, 7) is 6.81. The summed E-state index contributed by atoms with van der Waals surface area (Å²) in [6, 6.07) is 0. The van der Waals surface area contributed by atoms with Gasteiger partial charge in [-0.05, 0) is 20.3 Å². The number of hydrogen-bond donors (Lipinski definition) is 2. The van der Waals surface area contributed by atoms with Crippen molar-refractivity contribution in [2.75, 3.05) is 26.9 Å². The van der Waals surface area contributed by atoms with Crippen molar-refractivity contribution >= 4 is 0 Å². The lowest BCUT2D eigenvalue weighted by molar-refractivity contribution is -0.0177. The van der Waals surface area contributed by atoms with Crippen LogP contribution < -0.4 is 0 Å². The third kappa shape index (κ3) is 19.4. The lowest BCUT2D eigenvalue weighted by Crippen LogP contribution is -2.19. The summed E-state index contributed by atoms with van der Waals surface area (Å²) < 4.78 is 9.80. The molecule has 0 bridgehead atoms. The Kier molecular flexibility index (Phi) is 16.9. The van der Waals surface area contributed by atoms with Gasteiger partial charge in [0.25, 0.3) is 0 Å². The number of rotatable bonds is 8. The number of hydrogen-bond acceptors (Lipinski definition) is 4. The van der Waals surface area contributed by atoms with Crippen molar-refractivity contribution in [3.63, 3.8) is 0 Å². The minimum Gasteiger partial charge on any atom is -0.394 e. The molecule has 0 aromatic heterocycles. The van der Waals surface area contributed by atoms with Crippen LogP contribution in [0.4, 0.5) is 0 Å². The fourth-order valence-corrected chi connectivity index (χ4v) is 0.853. The maximum absolute atomic E-state index is 8.69. The molecule has 0 aliphatic heterocycles. The summed E-state index contributed by atoms with van der Waals surface area (Å²) in [5.74, 6) is 0. The highest BCUT2D eigenvalue weighted by molar-refractivity contribution is 4.47. The van der Waals surface area contributed by atoms with Crippen LogP contribution in [-0.2, 0) is 9.47 Å². The summed E-state index contributed by atoms with van der Waals surface area (Å²) in [5, 5.41) is 17.1. The number of ether oxygens (including phenoxy) is 2. The highest BCUT2D eigenvalue weighted by Gasteiger charge is 2.00. The van der Waals surface area contributed by atoms with E-state index in [2.05, 4.69) is 6.92 Å². The molecule has 0 aliphatic rings. The van der Waals surface area contributed by atoms with Crippen LogP contribution in [0.25, 0.3) is 0 Å². The van der Waals surface area contributed by atoms with Gasteiger partial charge in [0.05, 0.1) is 25.4 Å². The Morgan fingerprint density at radius 2 is 1.81 bits per heavy atom. The van der Waals surface area contributed by atoms with Crippen molar-refractivity contribution in [2.24, 2.45) is 0 Å². The molecule has 0 rings (SSSR count). The lowest BCUT2D eigenvalue weighted by Gasteiger charge is -2.10. The first kappa shape index (κ1) is 18.2. The van der Waals surface area contributed by atoms with E-state index in [4.69, 9.17) is 19.7 Å². The third-order valence-corrected chi connectivity index (χ3v) is 1.83. The van der Waals surface area contributed by atoms with Crippen LogP contribution in [0.2, 0.25) is 0 Å². The molecule has 100 valence electrons. The molecule has 0 amide bonds. The van der Waals surface area contributed by atoms with Crippen molar-refractivity contribution in [2.45, 2.75) is 52.2 Å². The number of aliphatic hydroxyl groups excluding tert-OH is 2. The molecule has 4 heteroatoms. The normalized spacial score (nSPS) is 13.9. The van der Waals surface area contributed by atoms with E-state index >= 15 is 0 Å².